The van der Waals surface area contributed by atoms with Crippen LogP contribution >= 0.6 is 0 Å². The topological polar surface area (TPSA) is 86.5 Å². The van der Waals surface area contributed by atoms with Crippen LogP contribution in [0.15, 0.2) is 24.3 Å². The summed E-state index contributed by atoms with van der Waals surface area (Å²) in [5.41, 5.74) is 0.834. The molecule has 0 atom stereocenters. The normalized spacial score (nSPS) is 10.2. The van der Waals surface area contributed by atoms with Crippen molar-refractivity contribution in [2.45, 2.75) is 0 Å². The number of nitrogens with zero attached hydrogens (tertiary/aromatic N) is 3. The number of aryl methyl sites for hydroxylation is 1. The third-order valence-electron chi connectivity index (χ3n) is 2.42. The summed E-state index contributed by atoms with van der Waals surface area (Å²) in [6.07, 6.45) is 0. The van der Waals surface area contributed by atoms with E-state index in [2.05, 4.69) is 10.1 Å². The second kappa shape index (κ2) is 5.38. The number of carboxylic acid groups (broad SMARTS) is 1. The molecule has 0 fully saturated rings. The third-order valence-corrected chi connectivity index (χ3v) is 2.42. The van der Waals surface area contributed by atoms with Gasteiger partial charge in [0.15, 0.2) is 12.4 Å². The highest BCUT2D eigenvalue weighted by Crippen LogP contribution is 2.21. The van der Waals surface area contributed by atoms with Gasteiger partial charge in [0.2, 0.25) is 0 Å². The number of aliphatic carboxylic acids is 1. The Kier molecular flexibility index (Phi) is 3.65. The van der Waals surface area contributed by atoms with Crippen molar-refractivity contribution in [3.05, 3.63) is 24.3 Å². The number of methoxy groups -OCH3 is 1. The third kappa shape index (κ3) is 3.01. The van der Waals surface area contributed by atoms with Crippen molar-refractivity contribution in [3.8, 4) is 23.1 Å². The Morgan fingerprint density at radius 2 is 2.05 bits per heavy atom. The number of benzene rings is 1. The highest BCUT2D eigenvalue weighted by atomic mass is 16.5. The van der Waals surface area contributed by atoms with Crippen LogP contribution < -0.4 is 9.47 Å². The van der Waals surface area contributed by atoms with E-state index in [1.165, 1.54) is 4.68 Å². The number of carbonyl (C=O) groups is 1. The molecule has 0 radical (unpaired) electrons. The predicted octanol–water partition coefficient (Wildman–Crippen LogP) is 0.954. The Bertz CT molecular complexity index is 577. The molecule has 0 aliphatic rings. The van der Waals surface area contributed by atoms with Gasteiger partial charge in [-0.05, 0) is 24.3 Å². The predicted molar refractivity (Wildman–Crippen MR) is 66.1 cm³/mol. The Morgan fingerprint density at radius 1 is 1.37 bits per heavy atom. The van der Waals surface area contributed by atoms with Gasteiger partial charge in [0.25, 0.3) is 0 Å². The quantitative estimate of drug-likeness (QED) is 0.864. The lowest BCUT2D eigenvalue weighted by molar-refractivity contribution is -0.139. The fraction of sp³-hybridized carbons (Fsp3) is 0.250. The highest BCUT2D eigenvalue weighted by Gasteiger charge is 2.11. The van der Waals surface area contributed by atoms with Gasteiger partial charge < -0.3 is 14.6 Å². The first-order valence-corrected chi connectivity index (χ1v) is 5.50. The van der Waals surface area contributed by atoms with Crippen molar-refractivity contribution in [3.63, 3.8) is 0 Å². The van der Waals surface area contributed by atoms with Crippen molar-refractivity contribution in [2.24, 2.45) is 7.05 Å². The first-order chi connectivity index (χ1) is 9.10. The van der Waals surface area contributed by atoms with Crippen molar-refractivity contribution < 1.29 is 19.4 Å². The minimum Gasteiger partial charge on any atom is -0.497 e. The smallest absolute Gasteiger partial charge is 0.341 e. The summed E-state index contributed by atoms with van der Waals surface area (Å²) in [6, 6.07) is 7.33. The zero-order valence-electron chi connectivity index (χ0n) is 10.5. The lowest BCUT2D eigenvalue weighted by Gasteiger charge is -2.01. The molecule has 19 heavy (non-hydrogen) atoms. The number of rotatable bonds is 5. The fourth-order valence-electron chi connectivity index (χ4n) is 1.54. The zero-order valence-corrected chi connectivity index (χ0v) is 10.5. The van der Waals surface area contributed by atoms with Crippen LogP contribution in [0.2, 0.25) is 0 Å². The largest absolute Gasteiger partial charge is 0.497 e. The number of hydrogen-bond donors (Lipinski definition) is 1. The van der Waals surface area contributed by atoms with Crippen LogP contribution in [-0.2, 0) is 11.8 Å². The van der Waals surface area contributed by atoms with Crippen LogP contribution in [-0.4, -0.2) is 39.6 Å². The lowest BCUT2D eigenvalue weighted by atomic mass is 10.2. The average Bonchev–Trinajstić information content (AvgIpc) is 2.78. The Morgan fingerprint density at radius 3 is 2.63 bits per heavy atom. The Labute approximate surface area is 109 Å². The summed E-state index contributed by atoms with van der Waals surface area (Å²) in [6.45, 7) is -0.466. The van der Waals surface area contributed by atoms with E-state index < -0.39 is 12.6 Å². The summed E-state index contributed by atoms with van der Waals surface area (Å²) >= 11 is 0. The van der Waals surface area contributed by atoms with Gasteiger partial charge in [0.05, 0.1) is 7.11 Å². The zero-order chi connectivity index (χ0) is 13.8. The molecular weight excluding hydrogens is 250 g/mol. The minimum absolute atomic E-state index is 0.0377. The highest BCUT2D eigenvalue weighted by molar-refractivity contribution is 5.68. The second-order valence-corrected chi connectivity index (χ2v) is 3.75. The average molecular weight is 263 g/mol. The van der Waals surface area contributed by atoms with Crippen LogP contribution in [0.5, 0.6) is 11.8 Å². The first kappa shape index (κ1) is 12.9. The van der Waals surface area contributed by atoms with E-state index in [4.69, 9.17) is 14.6 Å². The molecule has 1 N–H and O–H groups in total. The van der Waals surface area contributed by atoms with Crippen molar-refractivity contribution in [1.82, 2.24) is 14.8 Å². The van der Waals surface area contributed by atoms with E-state index in [0.29, 0.717) is 5.82 Å². The maximum absolute atomic E-state index is 10.4. The van der Waals surface area contributed by atoms with Crippen LogP contribution in [0.1, 0.15) is 0 Å². The van der Waals surface area contributed by atoms with E-state index in [1.54, 1.807) is 14.2 Å². The molecule has 0 bridgehead atoms. The van der Waals surface area contributed by atoms with Crippen LogP contribution in [0, 0.1) is 0 Å². The van der Waals surface area contributed by atoms with Gasteiger partial charge in [-0.3, -0.25) is 0 Å². The van der Waals surface area contributed by atoms with Gasteiger partial charge in [-0.2, -0.15) is 4.98 Å². The van der Waals surface area contributed by atoms with Crippen LogP contribution in [0.4, 0.5) is 0 Å². The summed E-state index contributed by atoms with van der Waals surface area (Å²) in [7, 11) is 3.30. The minimum atomic E-state index is -1.07. The van der Waals surface area contributed by atoms with E-state index >= 15 is 0 Å². The number of aromatic nitrogens is 3. The van der Waals surface area contributed by atoms with Gasteiger partial charge in [0, 0.05) is 12.6 Å². The SMILES string of the molecule is COc1ccc(-c2nc(OCC(=O)O)nn2C)cc1. The summed E-state index contributed by atoms with van der Waals surface area (Å²) in [5.74, 6) is 0.259. The lowest BCUT2D eigenvalue weighted by Crippen LogP contribution is -2.10. The van der Waals surface area contributed by atoms with E-state index in [0.717, 1.165) is 11.3 Å². The number of ether oxygens (including phenoxy) is 2. The molecule has 0 saturated carbocycles. The molecule has 0 saturated heterocycles. The summed E-state index contributed by atoms with van der Waals surface area (Å²) in [4.78, 5) is 14.5. The van der Waals surface area contributed by atoms with Gasteiger partial charge >= 0.3 is 12.0 Å². The van der Waals surface area contributed by atoms with E-state index in [1.807, 2.05) is 24.3 Å². The second-order valence-electron chi connectivity index (χ2n) is 3.75. The molecule has 0 amide bonds. The number of carboxylic acids is 1. The molecule has 0 spiro atoms. The van der Waals surface area contributed by atoms with E-state index in [9.17, 15) is 4.79 Å². The van der Waals surface area contributed by atoms with Crippen molar-refractivity contribution >= 4 is 5.97 Å². The molecule has 7 heteroatoms. The van der Waals surface area contributed by atoms with E-state index in [-0.39, 0.29) is 6.01 Å². The molecule has 2 rings (SSSR count). The monoisotopic (exact) mass is 263 g/mol. The maximum atomic E-state index is 10.4. The molecule has 0 aliphatic carbocycles. The molecule has 2 aromatic rings. The standard InChI is InChI=1S/C12H13N3O4/c1-15-11(8-3-5-9(18-2)6-4-8)13-12(14-15)19-7-10(16)17/h3-6H,7H2,1-2H3,(H,16,17). The van der Waals surface area contributed by atoms with Crippen LogP contribution in [0.3, 0.4) is 0 Å². The Hall–Kier alpha value is -2.57. The van der Waals surface area contributed by atoms with Gasteiger partial charge in [-0.15, -0.1) is 5.10 Å². The summed E-state index contributed by atoms with van der Waals surface area (Å²) < 4.78 is 11.5. The van der Waals surface area contributed by atoms with Crippen LogP contribution in [0.25, 0.3) is 11.4 Å². The molecular formula is C12H13N3O4. The van der Waals surface area contributed by atoms with Gasteiger partial charge in [-0.1, -0.05) is 0 Å². The maximum Gasteiger partial charge on any atom is 0.341 e. The van der Waals surface area contributed by atoms with Gasteiger partial charge in [-0.25, -0.2) is 9.48 Å². The van der Waals surface area contributed by atoms with Crippen molar-refractivity contribution in [2.75, 3.05) is 13.7 Å². The molecule has 0 aliphatic heterocycles. The first-order valence-electron chi connectivity index (χ1n) is 5.50. The fourth-order valence-corrected chi connectivity index (χ4v) is 1.54. The molecule has 100 valence electrons. The van der Waals surface area contributed by atoms with Gasteiger partial charge in [0.1, 0.15) is 5.75 Å². The molecule has 1 aromatic carbocycles. The number of hydrogen-bond acceptors (Lipinski definition) is 5. The molecule has 1 aromatic heterocycles. The summed E-state index contributed by atoms with van der Waals surface area (Å²) in [5, 5.41) is 12.5. The molecule has 0 unspecified atom stereocenters. The van der Waals surface area contributed by atoms with Crippen molar-refractivity contribution in [1.29, 1.82) is 0 Å². The molecule has 7 nitrogen and oxygen atoms in total. The molecule has 1 heterocycles. The Balaban J connectivity index is 2.21.